The smallest absolute Gasteiger partial charge is 0.357 e. The predicted octanol–water partition coefficient (Wildman–Crippen LogP) is 3.37. The van der Waals surface area contributed by atoms with Crippen molar-refractivity contribution in [1.82, 2.24) is 39.1 Å². The van der Waals surface area contributed by atoms with Gasteiger partial charge in [0.25, 0.3) is 0 Å². The summed E-state index contributed by atoms with van der Waals surface area (Å²) in [6.07, 6.45) is 3.78. The second-order valence-corrected chi connectivity index (χ2v) is 10.8. The molecule has 1 saturated heterocycles. The van der Waals surface area contributed by atoms with Gasteiger partial charge in [-0.1, -0.05) is 24.3 Å². The maximum Gasteiger partial charge on any atom is 0.357 e. The molecule has 0 aliphatic carbocycles. The SMILES string of the molecule is CC(=O)N1CCn2c(C3CN(OC(=O)c4ccccc4)C3)nc(-c3ccc4c(c3)c(-c3cnn(C)c3)nn4C)c2C1. The molecule has 3 aromatic heterocycles. The highest BCUT2D eigenvalue weighted by Crippen LogP contribution is 2.37. The Morgan fingerprint density at radius 2 is 1.78 bits per heavy atom. The Morgan fingerprint density at radius 1 is 0.976 bits per heavy atom. The van der Waals surface area contributed by atoms with E-state index in [0.29, 0.717) is 38.3 Å². The lowest BCUT2D eigenvalue weighted by atomic mass is 10.0. The molecule has 0 bridgehead atoms. The van der Waals surface area contributed by atoms with Gasteiger partial charge in [0, 0.05) is 75.8 Å². The zero-order chi connectivity index (χ0) is 28.2. The highest BCUT2D eigenvalue weighted by Gasteiger charge is 2.37. The number of amides is 1. The van der Waals surface area contributed by atoms with Crippen molar-refractivity contribution in [3.63, 3.8) is 0 Å². The van der Waals surface area contributed by atoms with E-state index in [1.54, 1.807) is 28.8 Å². The Bertz CT molecular complexity index is 1800. The summed E-state index contributed by atoms with van der Waals surface area (Å²) in [6.45, 7) is 4.55. The molecule has 11 nitrogen and oxygen atoms in total. The van der Waals surface area contributed by atoms with Crippen LogP contribution in [0.25, 0.3) is 33.4 Å². The first-order valence-corrected chi connectivity index (χ1v) is 13.7. The van der Waals surface area contributed by atoms with Crippen molar-refractivity contribution in [1.29, 1.82) is 0 Å². The van der Waals surface area contributed by atoms with E-state index in [-0.39, 0.29) is 17.8 Å². The van der Waals surface area contributed by atoms with Gasteiger partial charge in [-0.25, -0.2) is 9.78 Å². The van der Waals surface area contributed by atoms with E-state index in [9.17, 15) is 9.59 Å². The minimum atomic E-state index is -0.360. The fourth-order valence-corrected chi connectivity index (χ4v) is 5.80. The number of nitrogens with zero attached hydrogens (tertiary/aromatic N) is 8. The summed E-state index contributed by atoms with van der Waals surface area (Å²) in [4.78, 5) is 37.5. The first-order valence-electron chi connectivity index (χ1n) is 13.7. The number of hydroxylamine groups is 2. The van der Waals surface area contributed by atoms with E-state index in [1.807, 2.05) is 54.3 Å². The lowest BCUT2D eigenvalue weighted by molar-refractivity contribution is -0.159. The summed E-state index contributed by atoms with van der Waals surface area (Å²) in [6, 6.07) is 15.3. The molecule has 5 aromatic rings. The highest BCUT2D eigenvalue weighted by atomic mass is 16.7. The maximum absolute atomic E-state index is 12.5. The van der Waals surface area contributed by atoms with Crippen LogP contribution in [0.15, 0.2) is 60.9 Å². The van der Waals surface area contributed by atoms with Gasteiger partial charge in [-0.3, -0.25) is 14.2 Å². The predicted molar refractivity (Wildman–Crippen MR) is 151 cm³/mol. The first-order chi connectivity index (χ1) is 19.9. The van der Waals surface area contributed by atoms with Crippen LogP contribution in [0.2, 0.25) is 0 Å². The van der Waals surface area contributed by atoms with Crippen LogP contribution >= 0.6 is 0 Å². The molecule has 0 spiro atoms. The van der Waals surface area contributed by atoms with Gasteiger partial charge in [-0.05, 0) is 24.3 Å². The van der Waals surface area contributed by atoms with Crippen molar-refractivity contribution in [2.75, 3.05) is 19.6 Å². The summed E-state index contributed by atoms with van der Waals surface area (Å²) in [5.41, 5.74) is 6.22. The Kier molecular flexibility index (Phi) is 5.97. The molecule has 11 heteroatoms. The number of hydrogen-bond donors (Lipinski definition) is 0. The normalized spacial score (nSPS) is 15.6. The van der Waals surface area contributed by atoms with Crippen LogP contribution in [0.4, 0.5) is 0 Å². The van der Waals surface area contributed by atoms with E-state index in [0.717, 1.165) is 44.9 Å². The monoisotopic (exact) mass is 550 g/mol. The highest BCUT2D eigenvalue weighted by molar-refractivity contribution is 5.96. The largest absolute Gasteiger partial charge is 0.364 e. The zero-order valence-electron chi connectivity index (χ0n) is 23.2. The number of imidazole rings is 1. The summed E-state index contributed by atoms with van der Waals surface area (Å²) < 4.78 is 5.91. The van der Waals surface area contributed by atoms with Crippen LogP contribution in [0.5, 0.6) is 0 Å². The van der Waals surface area contributed by atoms with Gasteiger partial charge < -0.3 is 14.3 Å². The molecule has 2 aromatic carbocycles. The Hall–Kier alpha value is -4.77. The molecule has 41 heavy (non-hydrogen) atoms. The van der Waals surface area contributed by atoms with Crippen molar-refractivity contribution >= 4 is 22.8 Å². The van der Waals surface area contributed by atoms with Gasteiger partial charge in [0.1, 0.15) is 11.5 Å². The van der Waals surface area contributed by atoms with Gasteiger partial charge in [0.15, 0.2) is 0 Å². The molecule has 2 aliphatic heterocycles. The van der Waals surface area contributed by atoms with E-state index in [4.69, 9.17) is 14.9 Å². The molecule has 0 atom stereocenters. The van der Waals surface area contributed by atoms with Crippen LogP contribution in [-0.2, 0) is 36.8 Å². The average Bonchev–Trinajstić information content (AvgIpc) is 3.65. The summed E-state index contributed by atoms with van der Waals surface area (Å²) in [5, 5.41) is 11.8. The lowest BCUT2D eigenvalue weighted by Gasteiger charge is -2.37. The fraction of sp³-hybridized carbons (Fsp3) is 0.300. The van der Waals surface area contributed by atoms with Crippen LogP contribution in [0.3, 0.4) is 0 Å². The van der Waals surface area contributed by atoms with Gasteiger partial charge >= 0.3 is 5.97 Å². The molecule has 0 radical (unpaired) electrons. The Balaban J connectivity index is 1.22. The summed E-state index contributed by atoms with van der Waals surface area (Å²) in [5.74, 6) is 0.766. The zero-order valence-corrected chi connectivity index (χ0v) is 23.2. The number of hydrogen-bond acceptors (Lipinski definition) is 7. The standard InChI is InChI=1S/C30H30N8O3/c1-19(39)36-11-12-38-26(18-36)28(32-29(38)23-16-37(17-23)41-30(40)20-7-5-4-6-8-20)21-9-10-25-24(13-21)27(33-35(25)3)22-14-31-34(2)15-22/h4-10,13-15,23H,11-12,16-18H2,1-3H3. The molecule has 7 rings (SSSR count). The van der Waals surface area contributed by atoms with Crippen molar-refractivity contribution in [3.05, 3.63) is 78.0 Å². The molecule has 208 valence electrons. The molecule has 5 heterocycles. The fourth-order valence-electron chi connectivity index (χ4n) is 5.80. The van der Waals surface area contributed by atoms with Gasteiger partial charge in [-0.15, -0.1) is 5.06 Å². The van der Waals surface area contributed by atoms with Gasteiger partial charge in [-0.2, -0.15) is 10.2 Å². The average molecular weight is 551 g/mol. The molecule has 0 saturated carbocycles. The lowest BCUT2D eigenvalue weighted by Crippen LogP contribution is -2.47. The topological polar surface area (TPSA) is 103 Å². The van der Waals surface area contributed by atoms with E-state index in [1.165, 1.54) is 0 Å². The van der Waals surface area contributed by atoms with Crippen molar-refractivity contribution in [3.8, 4) is 22.5 Å². The van der Waals surface area contributed by atoms with Gasteiger partial charge in [0.2, 0.25) is 5.91 Å². The number of carbonyl (C=O) groups excluding carboxylic acids is 2. The van der Waals surface area contributed by atoms with Crippen LogP contribution in [-0.4, -0.2) is 70.6 Å². The number of aromatic nitrogens is 6. The third-order valence-corrected chi connectivity index (χ3v) is 8.02. The molecular weight excluding hydrogens is 520 g/mol. The van der Waals surface area contributed by atoms with Crippen molar-refractivity contribution in [2.24, 2.45) is 14.1 Å². The van der Waals surface area contributed by atoms with Crippen molar-refractivity contribution < 1.29 is 14.4 Å². The van der Waals surface area contributed by atoms with Crippen LogP contribution in [0.1, 0.15) is 34.7 Å². The Morgan fingerprint density at radius 3 is 2.51 bits per heavy atom. The van der Waals surface area contributed by atoms with E-state index < -0.39 is 0 Å². The van der Waals surface area contributed by atoms with Crippen LogP contribution < -0.4 is 0 Å². The van der Waals surface area contributed by atoms with E-state index >= 15 is 0 Å². The number of carbonyl (C=O) groups is 2. The second kappa shape index (κ2) is 9.70. The van der Waals surface area contributed by atoms with Crippen molar-refractivity contribution in [2.45, 2.75) is 25.9 Å². The number of aryl methyl sites for hydroxylation is 2. The second-order valence-electron chi connectivity index (χ2n) is 10.8. The molecule has 1 fully saturated rings. The maximum atomic E-state index is 12.5. The summed E-state index contributed by atoms with van der Waals surface area (Å²) in [7, 11) is 3.83. The molecule has 1 amide bonds. The van der Waals surface area contributed by atoms with Gasteiger partial charge in [0.05, 0.1) is 35.2 Å². The minimum absolute atomic E-state index is 0.0502. The molecule has 2 aliphatic rings. The first kappa shape index (κ1) is 25.2. The third-order valence-electron chi connectivity index (χ3n) is 8.02. The van der Waals surface area contributed by atoms with Crippen LogP contribution in [0, 0.1) is 0 Å². The Labute approximate surface area is 236 Å². The van der Waals surface area contributed by atoms with E-state index in [2.05, 4.69) is 27.9 Å². The molecular formula is C30H30N8O3. The number of rotatable bonds is 5. The quantitative estimate of drug-likeness (QED) is 0.331. The number of fused-ring (bicyclic) bond motifs is 2. The molecule has 0 N–H and O–H groups in total. The third kappa shape index (κ3) is 4.38. The minimum Gasteiger partial charge on any atom is -0.364 e. The molecule has 0 unspecified atom stereocenters. The number of benzene rings is 2. The summed E-state index contributed by atoms with van der Waals surface area (Å²) >= 11 is 0.